The van der Waals surface area contributed by atoms with Crippen molar-refractivity contribution in [3.63, 3.8) is 0 Å². The summed E-state index contributed by atoms with van der Waals surface area (Å²) in [5, 5.41) is 1.96. The van der Waals surface area contributed by atoms with Gasteiger partial charge < -0.3 is 9.47 Å². The molecule has 2 heterocycles. The first-order valence-corrected chi connectivity index (χ1v) is 5.18. The van der Waals surface area contributed by atoms with E-state index in [4.69, 9.17) is 15.3 Å². The van der Waals surface area contributed by atoms with Crippen LogP contribution in [0.25, 0.3) is 0 Å². The number of morpholine rings is 1. The summed E-state index contributed by atoms with van der Waals surface area (Å²) < 4.78 is 10.2. The van der Waals surface area contributed by atoms with Gasteiger partial charge in [0.15, 0.2) is 0 Å². The van der Waals surface area contributed by atoms with Crippen LogP contribution < -0.4 is 21.4 Å². The van der Waals surface area contributed by atoms with Crippen LogP contribution in [-0.4, -0.2) is 53.4 Å². The Morgan fingerprint density at radius 2 is 1.94 bits per heavy atom. The van der Waals surface area contributed by atoms with Gasteiger partial charge in [0.25, 0.3) is 0 Å². The number of anilines is 2. The molecule has 0 spiro atoms. The minimum absolute atomic E-state index is 0.198. The average molecular weight is 241 g/mol. The predicted molar refractivity (Wildman–Crippen MR) is 60.2 cm³/mol. The van der Waals surface area contributed by atoms with Gasteiger partial charge >= 0.3 is 6.01 Å². The van der Waals surface area contributed by atoms with Crippen molar-refractivity contribution in [2.45, 2.75) is 0 Å². The zero-order valence-electron chi connectivity index (χ0n) is 9.51. The molecular formula is C8H15N7O2. The molecule has 0 unspecified atom stereocenters. The Balaban J connectivity index is 2.07. The van der Waals surface area contributed by atoms with Gasteiger partial charge in [-0.15, -0.1) is 0 Å². The number of hydrazine groups is 2. The fraction of sp³-hybridized carbons (Fsp3) is 0.625. The summed E-state index contributed by atoms with van der Waals surface area (Å²) in [5.74, 6) is 5.88. The maximum absolute atomic E-state index is 5.26. The summed E-state index contributed by atoms with van der Waals surface area (Å²) >= 11 is 0. The third-order valence-corrected chi connectivity index (χ3v) is 2.20. The Hall–Kier alpha value is -1.71. The van der Waals surface area contributed by atoms with Gasteiger partial charge in [-0.05, 0) is 0 Å². The van der Waals surface area contributed by atoms with E-state index in [-0.39, 0.29) is 12.0 Å². The highest BCUT2D eigenvalue weighted by molar-refractivity contribution is 5.34. The smallest absolute Gasteiger partial charge is 0.322 e. The van der Waals surface area contributed by atoms with E-state index < -0.39 is 0 Å². The number of rotatable bonds is 4. The number of nitrogens with zero attached hydrogens (tertiary/aromatic N) is 4. The Kier molecular flexibility index (Phi) is 3.85. The van der Waals surface area contributed by atoms with Gasteiger partial charge in [-0.3, -0.25) is 10.9 Å². The number of aromatic nitrogens is 3. The largest absolute Gasteiger partial charge is 0.467 e. The molecule has 2 rings (SSSR count). The number of nitrogens with two attached hydrogens (primary N) is 1. The highest BCUT2D eigenvalue weighted by Crippen LogP contribution is 2.10. The Morgan fingerprint density at radius 1 is 1.24 bits per heavy atom. The van der Waals surface area contributed by atoms with Crippen molar-refractivity contribution in [2.75, 3.05) is 44.3 Å². The summed E-state index contributed by atoms with van der Waals surface area (Å²) in [6, 6.07) is 0.198. The molecule has 0 atom stereocenters. The molecule has 1 saturated heterocycles. The summed E-state index contributed by atoms with van der Waals surface area (Å²) in [7, 11) is 1.48. The number of nitrogens with one attached hydrogen (secondary N) is 2. The van der Waals surface area contributed by atoms with Crippen molar-refractivity contribution in [1.29, 1.82) is 0 Å². The fourth-order valence-corrected chi connectivity index (χ4v) is 1.38. The van der Waals surface area contributed by atoms with Gasteiger partial charge in [0.2, 0.25) is 11.9 Å². The van der Waals surface area contributed by atoms with Crippen molar-refractivity contribution < 1.29 is 9.47 Å². The van der Waals surface area contributed by atoms with Crippen molar-refractivity contribution in [3.8, 4) is 6.01 Å². The molecule has 9 heteroatoms. The first kappa shape index (κ1) is 11.8. The quantitative estimate of drug-likeness (QED) is 0.443. The van der Waals surface area contributed by atoms with Gasteiger partial charge in [-0.25, -0.2) is 10.9 Å². The zero-order chi connectivity index (χ0) is 12.1. The van der Waals surface area contributed by atoms with Crippen molar-refractivity contribution >= 4 is 11.9 Å². The van der Waals surface area contributed by atoms with E-state index in [0.717, 1.165) is 13.1 Å². The summed E-state index contributed by atoms with van der Waals surface area (Å²) in [6.07, 6.45) is 0. The van der Waals surface area contributed by atoms with Crippen molar-refractivity contribution in [1.82, 2.24) is 20.0 Å². The molecule has 4 N–H and O–H groups in total. The van der Waals surface area contributed by atoms with E-state index in [9.17, 15) is 0 Å². The number of methoxy groups -OCH3 is 1. The molecule has 1 aromatic heterocycles. The van der Waals surface area contributed by atoms with E-state index in [1.165, 1.54) is 7.11 Å². The SMILES string of the molecule is COc1nc(NN)nc(NN2CCOCC2)n1. The molecule has 94 valence electrons. The number of ether oxygens (including phenoxy) is 2. The maximum atomic E-state index is 5.26. The first-order valence-electron chi connectivity index (χ1n) is 5.18. The normalized spacial score (nSPS) is 16.6. The van der Waals surface area contributed by atoms with Crippen LogP contribution in [0.5, 0.6) is 6.01 Å². The lowest BCUT2D eigenvalue weighted by molar-refractivity contribution is 0.0492. The molecule has 1 fully saturated rings. The Bertz CT molecular complexity index is 347. The first-order chi connectivity index (χ1) is 8.31. The molecule has 0 saturated carbocycles. The second-order valence-corrected chi connectivity index (χ2v) is 3.32. The summed E-state index contributed by atoms with van der Waals surface area (Å²) in [4.78, 5) is 12.0. The van der Waals surface area contributed by atoms with Gasteiger partial charge in [0.05, 0.1) is 20.3 Å². The molecule has 9 nitrogen and oxygen atoms in total. The number of hydrogen-bond acceptors (Lipinski definition) is 9. The molecule has 0 aliphatic carbocycles. The monoisotopic (exact) mass is 241 g/mol. The molecule has 17 heavy (non-hydrogen) atoms. The average Bonchev–Trinajstić information content (AvgIpc) is 2.39. The van der Waals surface area contributed by atoms with Crippen LogP contribution in [0.15, 0.2) is 0 Å². The lowest BCUT2D eigenvalue weighted by Crippen LogP contribution is -2.40. The van der Waals surface area contributed by atoms with Crippen LogP contribution in [-0.2, 0) is 4.74 Å². The molecule has 0 aromatic carbocycles. The lowest BCUT2D eigenvalue weighted by atomic mass is 10.5. The summed E-state index contributed by atoms with van der Waals surface area (Å²) in [5.41, 5.74) is 5.40. The number of hydrogen-bond donors (Lipinski definition) is 3. The third-order valence-electron chi connectivity index (χ3n) is 2.20. The van der Waals surface area contributed by atoms with E-state index in [0.29, 0.717) is 19.2 Å². The highest BCUT2D eigenvalue weighted by atomic mass is 16.5. The van der Waals surface area contributed by atoms with E-state index in [1.807, 2.05) is 5.01 Å². The van der Waals surface area contributed by atoms with Gasteiger partial charge in [-0.2, -0.15) is 15.0 Å². The van der Waals surface area contributed by atoms with E-state index in [1.54, 1.807) is 0 Å². The van der Waals surface area contributed by atoms with Crippen LogP contribution in [0.4, 0.5) is 11.9 Å². The van der Waals surface area contributed by atoms with E-state index in [2.05, 4.69) is 25.8 Å². The molecule has 0 bridgehead atoms. The molecule has 1 aliphatic heterocycles. The second kappa shape index (κ2) is 5.57. The molecule has 1 aliphatic rings. The Morgan fingerprint density at radius 3 is 2.59 bits per heavy atom. The van der Waals surface area contributed by atoms with Gasteiger partial charge in [0, 0.05) is 13.1 Å². The third kappa shape index (κ3) is 3.12. The van der Waals surface area contributed by atoms with Crippen LogP contribution in [0, 0.1) is 0 Å². The van der Waals surface area contributed by atoms with Crippen LogP contribution in [0.3, 0.4) is 0 Å². The minimum Gasteiger partial charge on any atom is -0.467 e. The minimum atomic E-state index is 0.198. The van der Waals surface area contributed by atoms with Crippen molar-refractivity contribution in [3.05, 3.63) is 0 Å². The molecule has 1 aromatic rings. The lowest BCUT2D eigenvalue weighted by Gasteiger charge is -2.26. The van der Waals surface area contributed by atoms with E-state index >= 15 is 0 Å². The van der Waals surface area contributed by atoms with Crippen molar-refractivity contribution in [2.24, 2.45) is 5.84 Å². The van der Waals surface area contributed by atoms with Crippen LogP contribution in [0.1, 0.15) is 0 Å². The Labute approximate surface area is 98.3 Å². The molecular weight excluding hydrogens is 226 g/mol. The molecule has 0 radical (unpaired) electrons. The zero-order valence-corrected chi connectivity index (χ0v) is 9.51. The highest BCUT2D eigenvalue weighted by Gasteiger charge is 2.13. The molecule has 0 amide bonds. The standard InChI is InChI=1S/C8H15N7O2/c1-16-8-11-6(13-9)10-7(12-8)14-15-2-4-17-5-3-15/h2-5,9H2,1H3,(H2,10,11,12,13,14). The van der Waals surface area contributed by atoms with Gasteiger partial charge in [0.1, 0.15) is 0 Å². The predicted octanol–water partition coefficient (Wildman–Crippen LogP) is -1.18. The van der Waals surface area contributed by atoms with Crippen LogP contribution >= 0.6 is 0 Å². The maximum Gasteiger partial charge on any atom is 0.322 e. The second-order valence-electron chi connectivity index (χ2n) is 3.32. The topological polar surface area (TPSA) is 110 Å². The van der Waals surface area contributed by atoms with Crippen LogP contribution in [0.2, 0.25) is 0 Å². The summed E-state index contributed by atoms with van der Waals surface area (Å²) in [6.45, 7) is 2.88. The number of nitrogen functional groups attached to an aromatic ring is 1. The van der Waals surface area contributed by atoms with Gasteiger partial charge in [-0.1, -0.05) is 0 Å². The fourth-order valence-electron chi connectivity index (χ4n) is 1.38.